The molecule has 0 aliphatic carbocycles. The zero-order chi connectivity index (χ0) is 18.5. The first kappa shape index (κ1) is 17.9. The van der Waals surface area contributed by atoms with Gasteiger partial charge in [-0.1, -0.05) is 30.3 Å². The molecule has 0 aliphatic heterocycles. The summed E-state index contributed by atoms with van der Waals surface area (Å²) in [6.45, 7) is 1.33. The van der Waals surface area contributed by atoms with Crippen LogP contribution in [0.4, 0.5) is 4.39 Å². The van der Waals surface area contributed by atoms with Crippen molar-refractivity contribution in [2.24, 2.45) is 0 Å². The molecule has 134 valence electrons. The van der Waals surface area contributed by atoms with E-state index in [-0.39, 0.29) is 11.7 Å². The molecule has 0 radical (unpaired) electrons. The lowest BCUT2D eigenvalue weighted by molar-refractivity contribution is 0.0952. The van der Waals surface area contributed by atoms with Crippen LogP contribution in [0, 0.1) is 5.82 Å². The van der Waals surface area contributed by atoms with Crippen molar-refractivity contribution in [2.75, 3.05) is 27.2 Å². The van der Waals surface area contributed by atoms with Crippen LogP contribution in [0.25, 0.3) is 22.5 Å². The summed E-state index contributed by atoms with van der Waals surface area (Å²) >= 11 is 0. The second kappa shape index (κ2) is 7.97. The van der Waals surface area contributed by atoms with Gasteiger partial charge in [0.15, 0.2) is 0 Å². The summed E-state index contributed by atoms with van der Waals surface area (Å²) in [6, 6.07) is 17.7. The van der Waals surface area contributed by atoms with E-state index in [1.165, 1.54) is 12.1 Å². The van der Waals surface area contributed by atoms with E-state index in [0.717, 1.165) is 29.1 Å². The Morgan fingerprint density at radius 2 is 1.73 bits per heavy atom. The van der Waals surface area contributed by atoms with Gasteiger partial charge in [-0.2, -0.15) is 0 Å². The first-order chi connectivity index (χ1) is 12.5. The molecule has 4 nitrogen and oxygen atoms in total. The van der Waals surface area contributed by atoms with Crippen molar-refractivity contribution in [2.45, 2.75) is 0 Å². The van der Waals surface area contributed by atoms with E-state index < -0.39 is 0 Å². The minimum atomic E-state index is -0.287. The van der Waals surface area contributed by atoms with E-state index in [1.54, 1.807) is 12.1 Å². The topological polar surface area (TPSA) is 48.1 Å². The number of aromatic nitrogens is 1. The highest BCUT2D eigenvalue weighted by molar-refractivity contribution is 6.01. The Balaban J connectivity index is 1.95. The first-order valence-electron chi connectivity index (χ1n) is 8.52. The van der Waals surface area contributed by atoms with Gasteiger partial charge in [-0.25, -0.2) is 4.39 Å². The lowest BCUT2D eigenvalue weighted by Gasteiger charge is -2.10. The van der Waals surface area contributed by atoms with Crippen molar-refractivity contribution in [3.63, 3.8) is 0 Å². The van der Waals surface area contributed by atoms with Crippen LogP contribution in [-0.4, -0.2) is 43.0 Å². The van der Waals surface area contributed by atoms with Gasteiger partial charge in [0.25, 0.3) is 5.91 Å². The molecule has 0 saturated carbocycles. The number of hydrogen-bond acceptors (Lipinski definition) is 2. The van der Waals surface area contributed by atoms with E-state index in [2.05, 4.69) is 10.3 Å². The molecule has 3 aromatic rings. The van der Waals surface area contributed by atoms with Crippen LogP contribution in [-0.2, 0) is 0 Å². The van der Waals surface area contributed by atoms with Gasteiger partial charge < -0.3 is 15.2 Å². The van der Waals surface area contributed by atoms with E-state index >= 15 is 0 Å². The molecule has 2 aromatic carbocycles. The Bertz CT molecular complexity index is 870. The molecule has 1 amide bonds. The van der Waals surface area contributed by atoms with Crippen LogP contribution >= 0.6 is 0 Å². The summed E-state index contributed by atoms with van der Waals surface area (Å²) in [7, 11) is 3.93. The fraction of sp³-hybridized carbons (Fsp3) is 0.190. The molecule has 0 aliphatic rings. The normalized spacial score (nSPS) is 10.9. The van der Waals surface area contributed by atoms with E-state index in [1.807, 2.05) is 55.4 Å². The maximum absolute atomic E-state index is 13.2. The number of amides is 1. The number of H-pyrrole nitrogens is 1. The first-order valence-corrected chi connectivity index (χ1v) is 8.52. The molecule has 0 spiro atoms. The standard InChI is InChI=1S/C21H22FN3O/c1-25(2)13-12-23-21(26)18-14-19(15-8-10-17(22)11-9-15)24-20(18)16-6-4-3-5-7-16/h3-11,14,24H,12-13H2,1-2H3,(H,23,26). The smallest absolute Gasteiger partial charge is 0.253 e. The molecular formula is C21H22FN3O. The Kier molecular flexibility index (Phi) is 5.49. The molecule has 0 atom stereocenters. The molecule has 0 unspecified atom stereocenters. The third-order valence-electron chi connectivity index (χ3n) is 4.12. The van der Waals surface area contributed by atoms with Gasteiger partial charge in [-0.3, -0.25) is 4.79 Å². The van der Waals surface area contributed by atoms with Gasteiger partial charge in [0.1, 0.15) is 5.82 Å². The average Bonchev–Trinajstić information content (AvgIpc) is 3.08. The number of carbonyl (C=O) groups excluding carboxylic acids is 1. The lowest BCUT2D eigenvalue weighted by Crippen LogP contribution is -2.31. The van der Waals surface area contributed by atoms with Crippen LogP contribution in [0.3, 0.4) is 0 Å². The number of halogens is 1. The number of aromatic amines is 1. The predicted molar refractivity (Wildman–Crippen MR) is 103 cm³/mol. The highest BCUT2D eigenvalue weighted by Crippen LogP contribution is 2.29. The SMILES string of the molecule is CN(C)CCNC(=O)c1cc(-c2ccc(F)cc2)[nH]c1-c1ccccc1. The number of likely N-dealkylation sites (N-methyl/N-ethyl adjacent to an activating group) is 1. The van der Waals surface area contributed by atoms with Crippen molar-refractivity contribution in [3.05, 3.63) is 72.0 Å². The molecule has 0 saturated heterocycles. The minimum Gasteiger partial charge on any atom is -0.354 e. The zero-order valence-electron chi connectivity index (χ0n) is 14.9. The number of benzene rings is 2. The Labute approximate surface area is 152 Å². The average molecular weight is 351 g/mol. The summed E-state index contributed by atoms with van der Waals surface area (Å²) in [6.07, 6.45) is 0. The molecule has 5 heteroatoms. The third-order valence-corrected chi connectivity index (χ3v) is 4.12. The number of nitrogens with one attached hydrogen (secondary N) is 2. The van der Waals surface area contributed by atoms with E-state index in [0.29, 0.717) is 12.1 Å². The van der Waals surface area contributed by atoms with Crippen molar-refractivity contribution >= 4 is 5.91 Å². The summed E-state index contributed by atoms with van der Waals surface area (Å²) < 4.78 is 13.2. The second-order valence-corrected chi connectivity index (χ2v) is 6.40. The number of rotatable bonds is 6. The molecular weight excluding hydrogens is 329 g/mol. The highest BCUT2D eigenvalue weighted by Gasteiger charge is 2.17. The fourth-order valence-corrected chi connectivity index (χ4v) is 2.74. The van der Waals surface area contributed by atoms with Gasteiger partial charge >= 0.3 is 0 Å². The Morgan fingerprint density at radius 3 is 2.38 bits per heavy atom. The number of hydrogen-bond donors (Lipinski definition) is 2. The van der Waals surface area contributed by atoms with Crippen LogP contribution in [0.1, 0.15) is 10.4 Å². The van der Waals surface area contributed by atoms with Crippen molar-refractivity contribution < 1.29 is 9.18 Å². The van der Waals surface area contributed by atoms with Crippen LogP contribution in [0.5, 0.6) is 0 Å². The van der Waals surface area contributed by atoms with Gasteiger partial charge in [-0.15, -0.1) is 0 Å². The molecule has 3 rings (SSSR count). The Hall–Kier alpha value is -2.92. The molecule has 2 N–H and O–H groups in total. The van der Waals surface area contributed by atoms with Crippen LogP contribution < -0.4 is 5.32 Å². The highest BCUT2D eigenvalue weighted by atomic mass is 19.1. The largest absolute Gasteiger partial charge is 0.354 e. The van der Waals surface area contributed by atoms with E-state index in [9.17, 15) is 9.18 Å². The van der Waals surface area contributed by atoms with Gasteiger partial charge in [0, 0.05) is 18.8 Å². The second-order valence-electron chi connectivity index (χ2n) is 6.40. The fourth-order valence-electron chi connectivity index (χ4n) is 2.74. The minimum absolute atomic E-state index is 0.129. The van der Waals surface area contributed by atoms with Crippen LogP contribution in [0.15, 0.2) is 60.7 Å². The number of nitrogens with zero attached hydrogens (tertiary/aromatic N) is 1. The van der Waals surface area contributed by atoms with Crippen molar-refractivity contribution in [1.29, 1.82) is 0 Å². The predicted octanol–water partition coefficient (Wildman–Crippen LogP) is 3.78. The maximum Gasteiger partial charge on any atom is 0.253 e. The van der Waals surface area contributed by atoms with Crippen LogP contribution in [0.2, 0.25) is 0 Å². The molecule has 1 aromatic heterocycles. The molecule has 0 fully saturated rings. The summed E-state index contributed by atoms with van der Waals surface area (Å²) in [5.41, 5.74) is 3.87. The molecule has 1 heterocycles. The summed E-state index contributed by atoms with van der Waals surface area (Å²) in [5.74, 6) is -0.416. The van der Waals surface area contributed by atoms with Crippen molar-refractivity contribution in [1.82, 2.24) is 15.2 Å². The summed E-state index contributed by atoms with van der Waals surface area (Å²) in [5, 5.41) is 2.95. The maximum atomic E-state index is 13.2. The molecule has 0 bridgehead atoms. The summed E-state index contributed by atoms with van der Waals surface area (Å²) in [4.78, 5) is 18.0. The van der Waals surface area contributed by atoms with Crippen molar-refractivity contribution in [3.8, 4) is 22.5 Å². The monoisotopic (exact) mass is 351 g/mol. The van der Waals surface area contributed by atoms with Gasteiger partial charge in [0.2, 0.25) is 0 Å². The quantitative estimate of drug-likeness (QED) is 0.710. The van der Waals surface area contributed by atoms with Gasteiger partial charge in [-0.05, 0) is 55.6 Å². The lowest BCUT2D eigenvalue weighted by atomic mass is 10.1. The zero-order valence-corrected chi connectivity index (χ0v) is 14.9. The number of carbonyl (C=O) groups is 1. The Morgan fingerprint density at radius 1 is 1.04 bits per heavy atom. The van der Waals surface area contributed by atoms with E-state index in [4.69, 9.17) is 0 Å². The molecule has 26 heavy (non-hydrogen) atoms. The third kappa shape index (κ3) is 4.18. The van der Waals surface area contributed by atoms with Gasteiger partial charge in [0.05, 0.1) is 11.3 Å².